The zero-order valence-electron chi connectivity index (χ0n) is 10.9. The molecule has 19 heavy (non-hydrogen) atoms. The number of rotatable bonds is 4. The van der Waals surface area contributed by atoms with Gasteiger partial charge in [-0.15, -0.1) is 0 Å². The van der Waals surface area contributed by atoms with Crippen LogP contribution in [0, 0.1) is 0 Å². The van der Waals surface area contributed by atoms with E-state index in [4.69, 9.17) is 0 Å². The van der Waals surface area contributed by atoms with Gasteiger partial charge in [-0.25, -0.2) is 0 Å². The van der Waals surface area contributed by atoms with E-state index in [-0.39, 0.29) is 0 Å². The Balaban J connectivity index is 1.53. The molecule has 0 amide bonds. The van der Waals surface area contributed by atoms with E-state index >= 15 is 0 Å². The quantitative estimate of drug-likeness (QED) is 0.832. The van der Waals surface area contributed by atoms with Gasteiger partial charge in [-0.05, 0) is 24.3 Å². The lowest BCUT2D eigenvalue weighted by Gasteiger charge is -2.17. The first-order chi connectivity index (χ1) is 9.40. The Morgan fingerprint density at radius 1 is 0.789 bits per heavy atom. The second-order valence-corrected chi connectivity index (χ2v) is 4.89. The maximum Gasteiger partial charge on any atom is 0.0544 e. The van der Waals surface area contributed by atoms with Gasteiger partial charge < -0.3 is 0 Å². The summed E-state index contributed by atoms with van der Waals surface area (Å²) in [5.74, 6) is 0. The van der Waals surface area contributed by atoms with E-state index in [2.05, 4.69) is 31.9 Å². The molecule has 0 aromatic carbocycles. The Morgan fingerprint density at radius 3 is 1.74 bits per heavy atom. The molecule has 0 unspecified atom stereocenters. The van der Waals surface area contributed by atoms with Crippen molar-refractivity contribution in [1.29, 1.82) is 0 Å². The molecule has 3 heterocycles. The standard InChI is InChI=1S/C15H18N4/c1-3-7-16-14(5-1)11-18-9-10-19(13-18)12-15-6-2-4-8-17-15/h1-8H,9-13H2. The molecule has 98 valence electrons. The number of hydrogen-bond acceptors (Lipinski definition) is 4. The van der Waals surface area contributed by atoms with Gasteiger partial charge in [-0.1, -0.05) is 12.1 Å². The van der Waals surface area contributed by atoms with Crippen molar-refractivity contribution in [2.75, 3.05) is 19.8 Å². The van der Waals surface area contributed by atoms with Crippen molar-refractivity contribution in [3.05, 3.63) is 60.2 Å². The fourth-order valence-electron chi connectivity index (χ4n) is 2.41. The zero-order valence-corrected chi connectivity index (χ0v) is 10.9. The topological polar surface area (TPSA) is 32.3 Å². The van der Waals surface area contributed by atoms with Crippen LogP contribution in [0.25, 0.3) is 0 Å². The van der Waals surface area contributed by atoms with E-state index in [9.17, 15) is 0 Å². The first kappa shape index (κ1) is 12.3. The minimum atomic E-state index is 0.930. The predicted octanol–water partition coefficient (Wildman–Crippen LogP) is 1.75. The van der Waals surface area contributed by atoms with Gasteiger partial charge in [0.2, 0.25) is 0 Å². The number of aromatic nitrogens is 2. The summed E-state index contributed by atoms with van der Waals surface area (Å²) in [5.41, 5.74) is 2.28. The molecule has 2 aromatic rings. The molecule has 1 saturated heterocycles. The molecule has 4 nitrogen and oxygen atoms in total. The highest BCUT2D eigenvalue weighted by atomic mass is 15.4. The molecule has 1 aliphatic heterocycles. The highest BCUT2D eigenvalue weighted by Crippen LogP contribution is 2.11. The third-order valence-corrected chi connectivity index (χ3v) is 3.36. The molecule has 4 heteroatoms. The second-order valence-electron chi connectivity index (χ2n) is 4.89. The monoisotopic (exact) mass is 254 g/mol. The molecule has 0 aliphatic carbocycles. The van der Waals surface area contributed by atoms with Gasteiger partial charge in [0, 0.05) is 38.6 Å². The molecule has 1 fully saturated rings. The van der Waals surface area contributed by atoms with Crippen LogP contribution in [0.4, 0.5) is 0 Å². The average molecular weight is 254 g/mol. The van der Waals surface area contributed by atoms with Crippen LogP contribution in [0.1, 0.15) is 11.4 Å². The number of pyridine rings is 2. The third kappa shape index (κ3) is 3.36. The predicted molar refractivity (Wildman–Crippen MR) is 74.2 cm³/mol. The normalized spacial score (nSPS) is 16.8. The Labute approximate surface area is 113 Å². The van der Waals surface area contributed by atoms with Gasteiger partial charge in [-0.3, -0.25) is 19.8 Å². The summed E-state index contributed by atoms with van der Waals surface area (Å²) in [5, 5.41) is 0. The summed E-state index contributed by atoms with van der Waals surface area (Å²) in [6, 6.07) is 12.2. The largest absolute Gasteiger partial charge is 0.283 e. The van der Waals surface area contributed by atoms with E-state index in [1.807, 2.05) is 36.7 Å². The van der Waals surface area contributed by atoms with Crippen LogP contribution in [0.5, 0.6) is 0 Å². The number of hydrogen-bond donors (Lipinski definition) is 0. The maximum absolute atomic E-state index is 4.38. The first-order valence-electron chi connectivity index (χ1n) is 6.65. The summed E-state index contributed by atoms with van der Waals surface area (Å²) in [6.07, 6.45) is 3.72. The summed E-state index contributed by atoms with van der Waals surface area (Å²) in [7, 11) is 0. The third-order valence-electron chi connectivity index (χ3n) is 3.36. The molecule has 0 atom stereocenters. The van der Waals surface area contributed by atoms with Crippen LogP contribution in [-0.4, -0.2) is 39.5 Å². The summed E-state index contributed by atoms with van der Waals surface area (Å²) >= 11 is 0. The molecule has 0 radical (unpaired) electrons. The first-order valence-corrected chi connectivity index (χ1v) is 6.65. The van der Waals surface area contributed by atoms with Crippen molar-refractivity contribution in [2.24, 2.45) is 0 Å². The zero-order chi connectivity index (χ0) is 12.9. The molecule has 0 spiro atoms. The molecule has 0 N–H and O–H groups in total. The Hall–Kier alpha value is -1.78. The Kier molecular flexibility index (Phi) is 3.81. The number of nitrogens with zero attached hydrogens (tertiary/aromatic N) is 4. The Morgan fingerprint density at radius 2 is 1.32 bits per heavy atom. The van der Waals surface area contributed by atoms with Gasteiger partial charge in [0.05, 0.1) is 18.1 Å². The van der Waals surface area contributed by atoms with E-state index in [1.54, 1.807) is 0 Å². The highest BCUT2D eigenvalue weighted by Gasteiger charge is 2.20. The second kappa shape index (κ2) is 5.91. The lowest BCUT2D eigenvalue weighted by Crippen LogP contribution is -2.25. The van der Waals surface area contributed by atoms with Crippen molar-refractivity contribution in [3.63, 3.8) is 0 Å². The van der Waals surface area contributed by atoms with Gasteiger partial charge in [0.15, 0.2) is 0 Å². The molecular formula is C15H18N4. The van der Waals surface area contributed by atoms with Crippen molar-refractivity contribution in [2.45, 2.75) is 13.1 Å². The summed E-state index contributed by atoms with van der Waals surface area (Å²) in [4.78, 5) is 13.6. The minimum absolute atomic E-state index is 0.930. The fraction of sp³-hybridized carbons (Fsp3) is 0.333. The van der Waals surface area contributed by atoms with Gasteiger partial charge in [-0.2, -0.15) is 0 Å². The van der Waals surface area contributed by atoms with E-state index < -0.39 is 0 Å². The SMILES string of the molecule is c1ccc(CN2CCN(Cc3ccccn3)C2)nc1. The van der Waals surface area contributed by atoms with Crippen molar-refractivity contribution in [3.8, 4) is 0 Å². The van der Waals surface area contributed by atoms with E-state index in [0.29, 0.717) is 0 Å². The van der Waals surface area contributed by atoms with E-state index in [1.165, 1.54) is 0 Å². The van der Waals surface area contributed by atoms with Crippen LogP contribution in [0.2, 0.25) is 0 Å². The molecule has 1 aliphatic rings. The van der Waals surface area contributed by atoms with Gasteiger partial charge in [0.25, 0.3) is 0 Å². The van der Waals surface area contributed by atoms with Crippen molar-refractivity contribution < 1.29 is 0 Å². The van der Waals surface area contributed by atoms with Crippen molar-refractivity contribution in [1.82, 2.24) is 19.8 Å². The minimum Gasteiger partial charge on any atom is -0.283 e. The fourth-order valence-corrected chi connectivity index (χ4v) is 2.41. The van der Waals surface area contributed by atoms with E-state index in [0.717, 1.165) is 44.2 Å². The molecule has 2 aromatic heterocycles. The molecule has 0 bridgehead atoms. The van der Waals surface area contributed by atoms with Gasteiger partial charge >= 0.3 is 0 Å². The summed E-state index contributed by atoms with van der Waals surface area (Å²) < 4.78 is 0. The van der Waals surface area contributed by atoms with Crippen LogP contribution >= 0.6 is 0 Å². The summed E-state index contributed by atoms with van der Waals surface area (Å²) in [6.45, 7) is 5.05. The molecule has 0 saturated carbocycles. The smallest absolute Gasteiger partial charge is 0.0544 e. The maximum atomic E-state index is 4.38. The van der Waals surface area contributed by atoms with Gasteiger partial charge in [0.1, 0.15) is 0 Å². The van der Waals surface area contributed by atoms with Crippen molar-refractivity contribution >= 4 is 0 Å². The highest BCUT2D eigenvalue weighted by molar-refractivity contribution is 5.05. The Bertz CT molecular complexity index is 453. The van der Waals surface area contributed by atoms with Crippen LogP contribution < -0.4 is 0 Å². The average Bonchev–Trinajstić information content (AvgIpc) is 2.88. The van der Waals surface area contributed by atoms with Crippen LogP contribution in [0.3, 0.4) is 0 Å². The molecule has 3 rings (SSSR count). The lowest BCUT2D eigenvalue weighted by atomic mass is 10.3. The van der Waals surface area contributed by atoms with Crippen LogP contribution in [0.15, 0.2) is 48.8 Å². The lowest BCUT2D eigenvalue weighted by molar-refractivity contribution is 0.232. The molecular weight excluding hydrogens is 236 g/mol. The van der Waals surface area contributed by atoms with Crippen LogP contribution in [-0.2, 0) is 13.1 Å².